The molecule has 84 valence electrons. The normalized spacial score (nSPS) is 12.8. The maximum Gasteiger partial charge on any atom is 0.107 e. The summed E-state index contributed by atoms with van der Waals surface area (Å²) in [6, 6.07) is 6.80. The summed E-state index contributed by atoms with van der Waals surface area (Å²) in [6.45, 7) is 1.80. The van der Waals surface area contributed by atoms with Crippen LogP contribution < -0.4 is 0 Å². The first-order valence-electron chi connectivity index (χ1n) is 4.76. The lowest BCUT2D eigenvalue weighted by Crippen LogP contribution is -1.99. The van der Waals surface area contributed by atoms with Crippen molar-refractivity contribution in [3.05, 3.63) is 57.5 Å². The molecule has 0 saturated carbocycles. The fourth-order valence-corrected chi connectivity index (χ4v) is 1.85. The van der Waals surface area contributed by atoms with Gasteiger partial charge in [-0.25, -0.2) is 0 Å². The molecule has 0 radical (unpaired) electrons. The molecule has 0 fully saturated rings. The summed E-state index contributed by atoms with van der Waals surface area (Å²) >= 11 is 11.7. The highest BCUT2D eigenvalue weighted by atomic mass is 35.5. The van der Waals surface area contributed by atoms with Gasteiger partial charge in [-0.05, 0) is 30.7 Å². The molecule has 0 saturated heterocycles. The second kappa shape index (κ2) is 4.50. The monoisotopic (exact) mass is 256 g/mol. The van der Waals surface area contributed by atoms with E-state index in [-0.39, 0.29) is 0 Å². The van der Waals surface area contributed by atoms with Crippen molar-refractivity contribution < 1.29 is 9.52 Å². The van der Waals surface area contributed by atoms with Gasteiger partial charge in [-0.15, -0.1) is 0 Å². The quantitative estimate of drug-likeness (QED) is 0.882. The number of aliphatic hydroxyl groups excluding tert-OH is 1. The lowest BCUT2D eigenvalue weighted by Gasteiger charge is -2.10. The fourth-order valence-electron chi connectivity index (χ4n) is 1.54. The average molecular weight is 257 g/mol. The van der Waals surface area contributed by atoms with E-state index in [4.69, 9.17) is 27.6 Å². The number of hydrogen-bond acceptors (Lipinski definition) is 2. The second-order valence-corrected chi connectivity index (χ2v) is 4.32. The van der Waals surface area contributed by atoms with Crippen LogP contribution in [-0.2, 0) is 0 Å². The van der Waals surface area contributed by atoms with Gasteiger partial charge in [0, 0.05) is 5.56 Å². The molecule has 0 bridgehead atoms. The zero-order chi connectivity index (χ0) is 11.7. The molecule has 2 rings (SSSR count). The molecule has 0 amide bonds. The Morgan fingerprint density at radius 2 is 1.94 bits per heavy atom. The third-order valence-electron chi connectivity index (χ3n) is 2.45. The van der Waals surface area contributed by atoms with Crippen molar-refractivity contribution in [1.29, 1.82) is 0 Å². The van der Waals surface area contributed by atoms with Gasteiger partial charge in [0.15, 0.2) is 0 Å². The van der Waals surface area contributed by atoms with Crippen LogP contribution in [0.3, 0.4) is 0 Å². The first kappa shape index (κ1) is 11.5. The predicted molar refractivity (Wildman–Crippen MR) is 64.0 cm³/mol. The summed E-state index contributed by atoms with van der Waals surface area (Å²) < 4.78 is 5.14. The fraction of sp³-hybridized carbons (Fsp3) is 0.167. The standard InChI is InChI=1S/C12H10Cl2O2/c1-7-9(4-5-16-7)12(15)8-2-3-10(13)11(14)6-8/h2-6,12,15H,1H3. The predicted octanol–water partition coefficient (Wildman–Crippen LogP) is 3.98. The molecule has 1 heterocycles. The zero-order valence-corrected chi connectivity index (χ0v) is 10.1. The van der Waals surface area contributed by atoms with E-state index >= 15 is 0 Å². The highest BCUT2D eigenvalue weighted by Gasteiger charge is 2.15. The van der Waals surface area contributed by atoms with Gasteiger partial charge < -0.3 is 9.52 Å². The van der Waals surface area contributed by atoms with Crippen LogP contribution in [0.2, 0.25) is 10.0 Å². The number of halogens is 2. The lowest BCUT2D eigenvalue weighted by atomic mass is 10.0. The van der Waals surface area contributed by atoms with E-state index in [2.05, 4.69) is 0 Å². The molecule has 1 atom stereocenters. The van der Waals surface area contributed by atoms with Crippen LogP contribution in [0.4, 0.5) is 0 Å². The van der Waals surface area contributed by atoms with E-state index in [1.165, 1.54) is 0 Å². The molecule has 0 aliphatic heterocycles. The van der Waals surface area contributed by atoms with E-state index in [0.717, 1.165) is 5.56 Å². The van der Waals surface area contributed by atoms with Crippen molar-refractivity contribution in [3.63, 3.8) is 0 Å². The molecule has 1 unspecified atom stereocenters. The number of aryl methyl sites for hydroxylation is 1. The molecule has 1 aromatic heterocycles. The molecular weight excluding hydrogens is 247 g/mol. The van der Waals surface area contributed by atoms with Crippen LogP contribution in [0, 0.1) is 6.92 Å². The number of furan rings is 1. The Morgan fingerprint density at radius 1 is 1.19 bits per heavy atom. The molecular formula is C12H10Cl2O2. The molecule has 1 aromatic carbocycles. The first-order valence-corrected chi connectivity index (χ1v) is 5.52. The van der Waals surface area contributed by atoms with E-state index in [9.17, 15) is 5.11 Å². The average Bonchev–Trinajstić information content (AvgIpc) is 2.67. The molecule has 0 spiro atoms. The minimum atomic E-state index is -0.742. The van der Waals surface area contributed by atoms with E-state index < -0.39 is 6.10 Å². The van der Waals surface area contributed by atoms with Gasteiger partial charge in [0.1, 0.15) is 11.9 Å². The van der Waals surface area contributed by atoms with Crippen molar-refractivity contribution >= 4 is 23.2 Å². The first-order chi connectivity index (χ1) is 7.59. The maximum atomic E-state index is 10.1. The third kappa shape index (κ3) is 2.09. The Morgan fingerprint density at radius 3 is 2.50 bits per heavy atom. The van der Waals surface area contributed by atoms with Crippen molar-refractivity contribution in [1.82, 2.24) is 0 Å². The molecule has 0 aliphatic rings. The third-order valence-corrected chi connectivity index (χ3v) is 3.19. The smallest absolute Gasteiger partial charge is 0.107 e. The van der Waals surface area contributed by atoms with Crippen LogP contribution in [0.25, 0.3) is 0 Å². The van der Waals surface area contributed by atoms with Crippen LogP contribution in [0.1, 0.15) is 23.0 Å². The van der Waals surface area contributed by atoms with Crippen LogP contribution in [0.15, 0.2) is 34.9 Å². The number of aliphatic hydroxyl groups is 1. The molecule has 4 heteroatoms. The maximum absolute atomic E-state index is 10.1. The molecule has 1 N–H and O–H groups in total. The van der Waals surface area contributed by atoms with Gasteiger partial charge in [0.2, 0.25) is 0 Å². The van der Waals surface area contributed by atoms with Gasteiger partial charge in [-0.1, -0.05) is 29.3 Å². The summed E-state index contributed by atoms with van der Waals surface area (Å²) in [6.07, 6.45) is 0.805. The van der Waals surface area contributed by atoms with Crippen LogP contribution >= 0.6 is 23.2 Å². The van der Waals surface area contributed by atoms with E-state index in [1.54, 1.807) is 37.5 Å². The van der Waals surface area contributed by atoms with Crippen molar-refractivity contribution in [2.24, 2.45) is 0 Å². The summed E-state index contributed by atoms with van der Waals surface area (Å²) in [5.41, 5.74) is 1.43. The van der Waals surface area contributed by atoms with Crippen molar-refractivity contribution in [2.75, 3.05) is 0 Å². The zero-order valence-electron chi connectivity index (χ0n) is 8.58. The minimum absolute atomic E-state index is 0.430. The van der Waals surface area contributed by atoms with Crippen molar-refractivity contribution in [3.8, 4) is 0 Å². The second-order valence-electron chi connectivity index (χ2n) is 3.51. The summed E-state index contributed by atoms with van der Waals surface area (Å²) in [7, 11) is 0. The molecule has 0 aliphatic carbocycles. The Labute approximate surface area is 103 Å². The van der Waals surface area contributed by atoms with Crippen LogP contribution in [0.5, 0.6) is 0 Å². The Bertz CT molecular complexity index is 505. The molecule has 2 nitrogen and oxygen atoms in total. The summed E-state index contributed by atoms with van der Waals surface area (Å²) in [4.78, 5) is 0. The summed E-state index contributed by atoms with van der Waals surface area (Å²) in [5, 5.41) is 11.0. The van der Waals surface area contributed by atoms with Gasteiger partial charge in [-0.3, -0.25) is 0 Å². The van der Waals surface area contributed by atoms with Gasteiger partial charge in [-0.2, -0.15) is 0 Å². The summed E-state index contributed by atoms with van der Waals surface area (Å²) in [5.74, 6) is 0.693. The molecule has 2 aromatic rings. The Kier molecular flexibility index (Phi) is 3.24. The topological polar surface area (TPSA) is 33.4 Å². The molecule has 16 heavy (non-hydrogen) atoms. The largest absolute Gasteiger partial charge is 0.469 e. The highest BCUT2D eigenvalue weighted by molar-refractivity contribution is 6.42. The van der Waals surface area contributed by atoms with E-state index in [0.29, 0.717) is 21.4 Å². The van der Waals surface area contributed by atoms with E-state index in [1.807, 2.05) is 0 Å². The minimum Gasteiger partial charge on any atom is -0.469 e. The van der Waals surface area contributed by atoms with Crippen LogP contribution in [-0.4, -0.2) is 5.11 Å². The Hall–Kier alpha value is -0.960. The SMILES string of the molecule is Cc1occc1C(O)c1ccc(Cl)c(Cl)c1. The lowest BCUT2D eigenvalue weighted by molar-refractivity contribution is 0.218. The Balaban J connectivity index is 2.38. The number of benzene rings is 1. The van der Waals surface area contributed by atoms with Gasteiger partial charge in [0.05, 0.1) is 16.3 Å². The van der Waals surface area contributed by atoms with Gasteiger partial charge in [0.25, 0.3) is 0 Å². The number of rotatable bonds is 2. The van der Waals surface area contributed by atoms with Crippen molar-refractivity contribution in [2.45, 2.75) is 13.0 Å². The van der Waals surface area contributed by atoms with Gasteiger partial charge >= 0.3 is 0 Å². The number of hydrogen-bond donors (Lipinski definition) is 1. The highest BCUT2D eigenvalue weighted by Crippen LogP contribution is 2.30.